The van der Waals surface area contributed by atoms with Gasteiger partial charge in [0, 0.05) is 5.69 Å². The third-order valence-electron chi connectivity index (χ3n) is 5.40. The summed E-state index contributed by atoms with van der Waals surface area (Å²) in [5, 5.41) is 0.442. The number of rotatable bonds is 11. The van der Waals surface area contributed by atoms with E-state index in [4.69, 9.17) is 65.4 Å². The lowest BCUT2D eigenvalue weighted by atomic mass is 10.2. The maximum atomic E-state index is 13.3. The van der Waals surface area contributed by atoms with Crippen LogP contribution in [0.2, 0.25) is 20.1 Å². The Hall–Kier alpha value is -3.36. The largest absolute Gasteiger partial charge is 0.494 e. The summed E-state index contributed by atoms with van der Waals surface area (Å²) >= 11 is 24.9. The van der Waals surface area contributed by atoms with Crippen LogP contribution in [-0.2, 0) is 9.47 Å². The summed E-state index contributed by atoms with van der Waals surface area (Å²) < 4.78 is 22.1. The number of esters is 2. The lowest BCUT2D eigenvalue weighted by Crippen LogP contribution is -2.46. The molecule has 0 aromatic heterocycles. The second-order valence-corrected chi connectivity index (χ2v) is 9.31. The van der Waals surface area contributed by atoms with Gasteiger partial charge in [0.1, 0.15) is 11.1 Å². The number of carbonyl (C=O) groups is 2. The normalized spacial score (nSPS) is 12.1. The lowest BCUT2D eigenvalue weighted by Gasteiger charge is -2.36. The summed E-state index contributed by atoms with van der Waals surface area (Å²) in [5.41, 5.74) is 0.324. The fraction of sp³-hybridized carbons (Fsp3) is 0.143. The molecule has 0 radical (unpaired) electrons. The SMILES string of the molecule is C=CC(OC(=O)c1c(Cl)ccc(Cl)c1OC)N(c1ccccc1)C(C=C)OC(=O)c1c(Cl)ccc(Cl)c1OC. The number of ether oxygens (including phenoxy) is 4. The smallest absolute Gasteiger partial charge is 0.345 e. The molecule has 39 heavy (non-hydrogen) atoms. The summed E-state index contributed by atoms with van der Waals surface area (Å²) in [4.78, 5) is 28.1. The quantitative estimate of drug-likeness (QED) is 0.124. The first kappa shape index (κ1) is 30.2. The summed E-state index contributed by atoms with van der Waals surface area (Å²) in [6, 6.07) is 14.6. The highest BCUT2D eigenvalue weighted by Gasteiger charge is 2.32. The van der Waals surface area contributed by atoms with E-state index >= 15 is 0 Å². The molecular formula is C28H23Cl4NO6. The predicted molar refractivity (Wildman–Crippen MR) is 154 cm³/mol. The van der Waals surface area contributed by atoms with Crippen LogP contribution in [0.1, 0.15) is 20.7 Å². The van der Waals surface area contributed by atoms with E-state index in [2.05, 4.69) is 13.2 Å². The van der Waals surface area contributed by atoms with E-state index in [9.17, 15) is 9.59 Å². The minimum atomic E-state index is -1.19. The number of benzene rings is 3. The monoisotopic (exact) mass is 609 g/mol. The third kappa shape index (κ3) is 6.62. The molecule has 0 aliphatic heterocycles. The minimum Gasteiger partial charge on any atom is -0.494 e. The van der Waals surface area contributed by atoms with Gasteiger partial charge in [0.25, 0.3) is 0 Å². The molecule has 0 aliphatic rings. The van der Waals surface area contributed by atoms with Gasteiger partial charge >= 0.3 is 11.9 Å². The van der Waals surface area contributed by atoms with Crippen LogP contribution in [-0.4, -0.2) is 38.6 Å². The molecule has 11 heteroatoms. The number of methoxy groups -OCH3 is 2. The van der Waals surface area contributed by atoms with Crippen molar-refractivity contribution in [2.24, 2.45) is 0 Å². The Kier molecular flexibility index (Phi) is 10.5. The average Bonchev–Trinajstić information content (AvgIpc) is 2.94. The second-order valence-electron chi connectivity index (χ2n) is 7.68. The van der Waals surface area contributed by atoms with E-state index in [-0.39, 0.29) is 42.7 Å². The van der Waals surface area contributed by atoms with Crippen LogP contribution in [0.4, 0.5) is 5.69 Å². The number of para-hydroxylation sites is 1. The molecule has 3 rings (SSSR count). The molecule has 7 nitrogen and oxygen atoms in total. The van der Waals surface area contributed by atoms with Gasteiger partial charge in [-0.3, -0.25) is 4.90 Å². The van der Waals surface area contributed by atoms with Gasteiger partial charge in [0.15, 0.2) is 24.0 Å². The van der Waals surface area contributed by atoms with Crippen LogP contribution in [0, 0.1) is 0 Å². The zero-order valence-corrected chi connectivity index (χ0v) is 23.9. The van der Waals surface area contributed by atoms with Crippen LogP contribution in [0.25, 0.3) is 0 Å². The number of hydrogen-bond donors (Lipinski definition) is 0. The van der Waals surface area contributed by atoms with Crippen LogP contribution in [0.15, 0.2) is 79.9 Å². The van der Waals surface area contributed by atoms with E-state index in [1.165, 1.54) is 55.5 Å². The number of nitrogens with zero attached hydrogens (tertiary/aromatic N) is 1. The number of hydrogen-bond acceptors (Lipinski definition) is 7. The molecule has 0 heterocycles. The Balaban J connectivity index is 2.03. The Morgan fingerprint density at radius 2 is 1.08 bits per heavy atom. The van der Waals surface area contributed by atoms with Crippen LogP contribution in [0.5, 0.6) is 11.5 Å². The maximum Gasteiger partial charge on any atom is 0.345 e. The van der Waals surface area contributed by atoms with Crippen molar-refractivity contribution in [2.75, 3.05) is 19.1 Å². The van der Waals surface area contributed by atoms with E-state index in [0.717, 1.165) is 0 Å². The van der Waals surface area contributed by atoms with Crippen molar-refractivity contribution >= 4 is 64.0 Å². The van der Waals surface area contributed by atoms with Crippen molar-refractivity contribution in [1.29, 1.82) is 0 Å². The Morgan fingerprint density at radius 1 is 0.692 bits per heavy atom. The van der Waals surface area contributed by atoms with Crippen molar-refractivity contribution < 1.29 is 28.5 Å². The van der Waals surface area contributed by atoms with E-state index in [1.54, 1.807) is 30.3 Å². The number of anilines is 1. The fourth-order valence-corrected chi connectivity index (χ4v) is 4.58. The van der Waals surface area contributed by atoms with Gasteiger partial charge < -0.3 is 18.9 Å². The van der Waals surface area contributed by atoms with Crippen molar-refractivity contribution in [1.82, 2.24) is 0 Å². The third-order valence-corrected chi connectivity index (χ3v) is 6.62. The maximum absolute atomic E-state index is 13.3. The lowest BCUT2D eigenvalue weighted by molar-refractivity contribution is 0.0189. The molecular weight excluding hydrogens is 588 g/mol. The molecule has 0 amide bonds. The summed E-state index contributed by atoms with van der Waals surface area (Å²) in [7, 11) is 2.69. The van der Waals surface area contributed by atoms with Gasteiger partial charge in [-0.05, 0) is 48.6 Å². The van der Waals surface area contributed by atoms with Crippen LogP contribution >= 0.6 is 46.4 Å². The van der Waals surface area contributed by atoms with Gasteiger partial charge in [-0.2, -0.15) is 0 Å². The summed E-state index contributed by atoms with van der Waals surface area (Å²) in [6.45, 7) is 7.60. The molecule has 3 aromatic carbocycles. The molecule has 3 aromatic rings. The molecule has 0 saturated carbocycles. The van der Waals surface area contributed by atoms with E-state index < -0.39 is 24.4 Å². The van der Waals surface area contributed by atoms with Crippen LogP contribution < -0.4 is 14.4 Å². The zero-order valence-electron chi connectivity index (χ0n) is 20.8. The number of carbonyl (C=O) groups excluding carboxylic acids is 2. The molecule has 0 saturated heterocycles. The highest BCUT2D eigenvalue weighted by Crippen LogP contribution is 2.37. The van der Waals surface area contributed by atoms with Gasteiger partial charge in [0.2, 0.25) is 0 Å². The summed E-state index contributed by atoms with van der Waals surface area (Å²) in [6.07, 6.45) is 0.305. The minimum absolute atomic E-state index is 0.0395. The van der Waals surface area contributed by atoms with Crippen LogP contribution in [0.3, 0.4) is 0 Å². The predicted octanol–water partition coefficient (Wildman–Crippen LogP) is 7.86. The average molecular weight is 611 g/mol. The van der Waals surface area contributed by atoms with Crippen molar-refractivity contribution in [3.63, 3.8) is 0 Å². The molecule has 0 bridgehead atoms. The number of halogens is 4. The fourth-order valence-electron chi connectivity index (χ4n) is 3.66. The van der Waals surface area contributed by atoms with Crippen molar-refractivity contribution in [3.8, 4) is 11.5 Å². The summed E-state index contributed by atoms with van der Waals surface area (Å²) in [5.74, 6) is -1.65. The molecule has 0 spiro atoms. The van der Waals surface area contributed by atoms with Crippen molar-refractivity contribution in [2.45, 2.75) is 12.5 Å². The van der Waals surface area contributed by atoms with E-state index in [1.807, 2.05) is 0 Å². The topological polar surface area (TPSA) is 74.3 Å². The highest BCUT2D eigenvalue weighted by molar-refractivity contribution is 6.37. The molecule has 0 fully saturated rings. The standard InChI is InChI=1S/C28H23Cl4NO6/c1-5-21(38-27(34)23-17(29)12-14-19(31)25(23)36-3)33(16-10-8-7-9-11-16)22(6-2)39-28(35)24-18(30)13-15-20(32)26(24)37-4/h5-15,21-22H,1-2H2,3-4H3. The highest BCUT2D eigenvalue weighted by atomic mass is 35.5. The van der Waals surface area contributed by atoms with Gasteiger partial charge in [0.05, 0.1) is 34.3 Å². The first-order valence-electron chi connectivity index (χ1n) is 11.2. The van der Waals surface area contributed by atoms with Gasteiger partial charge in [-0.15, -0.1) is 0 Å². The molecule has 0 N–H and O–H groups in total. The second kappa shape index (κ2) is 13.6. The Labute approximate surface area is 246 Å². The Bertz CT molecular complexity index is 1300. The molecule has 2 atom stereocenters. The van der Waals surface area contributed by atoms with E-state index in [0.29, 0.717) is 5.69 Å². The van der Waals surface area contributed by atoms with Crippen molar-refractivity contribution in [3.05, 3.63) is 111 Å². The Morgan fingerprint density at radius 3 is 1.44 bits per heavy atom. The molecule has 204 valence electrons. The zero-order chi connectivity index (χ0) is 28.7. The molecule has 0 aliphatic carbocycles. The van der Waals surface area contributed by atoms with Gasteiger partial charge in [-0.25, -0.2) is 9.59 Å². The first-order chi connectivity index (χ1) is 18.7. The van der Waals surface area contributed by atoms with Gasteiger partial charge in [-0.1, -0.05) is 77.8 Å². The first-order valence-corrected chi connectivity index (χ1v) is 12.7. The molecule has 2 unspecified atom stereocenters.